The van der Waals surface area contributed by atoms with Crippen molar-refractivity contribution in [1.29, 1.82) is 0 Å². The Morgan fingerprint density at radius 2 is 2.29 bits per heavy atom. The van der Waals surface area contributed by atoms with E-state index in [2.05, 4.69) is 15.4 Å². The summed E-state index contributed by atoms with van der Waals surface area (Å²) >= 11 is 0. The van der Waals surface area contributed by atoms with Gasteiger partial charge in [-0.1, -0.05) is 6.42 Å². The highest BCUT2D eigenvalue weighted by molar-refractivity contribution is 5.74. The van der Waals surface area contributed by atoms with Crippen LogP contribution in [0.2, 0.25) is 0 Å². The lowest BCUT2D eigenvalue weighted by Gasteiger charge is -2.00. The minimum Gasteiger partial charge on any atom is -0.279 e. The van der Waals surface area contributed by atoms with Gasteiger partial charge >= 0.3 is 5.69 Å². The maximum Gasteiger partial charge on any atom is 0.346 e. The number of aromatic nitrogens is 3. The largest absolute Gasteiger partial charge is 0.346 e. The molecule has 7 nitrogen and oxygen atoms in total. The summed E-state index contributed by atoms with van der Waals surface area (Å²) in [5.74, 6) is 0.389. The zero-order valence-electron chi connectivity index (χ0n) is 9.81. The first kappa shape index (κ1) is 11.8. The summed E-state index contributed by atoms with van der Waals surface area (Å²) in [5.41, 5.74) is 1.95. The van der Waals surface area contributed by atoms with Crippen molar-refractivity contribution in [2.45, 2.75) is 38.8 Å². The number of fused-ring (bicyclic) bond motifs is 1. The maximum absolute atomic E-state index is 11.9. The van der Waals surface area contributed by atoms with Crippen molar-refractivity contribution in [2.24, 2.45) is 0 Å². The van der Waals surface area contributed by atoms with Gasteiger partial charge in [-0.05, 0) is 12.8 Å². The highest BCUT2D eigenvalue weighted by Gasteiger charge is 2.16. The Labute approximate surface area is 98.3 Å². The van der Waals surface area contributed by atoms with Crippen LogP contribution in [0.1, 0.15) is 25.1 Å². The fourth-order valence-corrected chi connectivity index (χ4v) is 2.01. The van der Waals surface area contributed by atoms with Crippen LogP contribution in [-0.4, -0.2) is 27.4 Å². The number of carbonyl (C=O) groups excluding carboxylic acids is 1. The first-order valence-electron chi connectivity index (χ1n) is 5.70. The minimum atomic E-state index is -0.386. The van der Waals surface area contributed by atoms with Gasteiger partial charge in [-0.2, -0.15) is 5.10 Å². The van der Waals surface area contributed by atoms with Crippen molar-refractivity contribution >= 4 is 5.91 Å². The summed E-state index contributed by atoms with van der Waals surface area (Å²) in [7, 11) is 1.35. The summed E-state index contributed by atoms with van der Waals surface area (Å²) in [6, 6.07) is 0. The molecule has 1 aliphatic rings. The molecule has 0 fully saturated rings. The Bertz CT molecular complexity index is 463. The van der Waals surface area contributed by atoms with E-state index in [9.17, 15) is 9.59 Å². The maximum atomic E-state index is 11.9. The highest BCUT2D eigenvalue weighted by atomic mass is 16.6. The van der Waals surface area contributed by atoms with Crippen molar-refractivity contribution in [1.82, 2.24) is 19.8 Å². The third-order valence-electron chi connectivity index (χ3n) is 2.79. The highest BCUT2D eigenvalue weighted by Crippen LogP contribution is 2.09. The zero-order chi connectivity index (χ0) is 12.3. The number of hydrogen-bond donors (Lipinski definition) is 1. The SMILES string of the molecule is CONC(=O)Cn1nc2n(c1=O)CCCCC2. The third kappa shape index (κ3) is 2.55. The van der Waals surface area contributed by atoms with Crippen molar-refractivity contribution in [3.8, 4) is 0 Å². The molecule has 2 heterocycles. The number of nitrogens with one attached hydrogen (secondary N) is 1. The number of aryl methyl sites for hydroxylation is 1. The smallest absolute Gasteiger partial charge is 0.279 e. The number of rotatable bonds is 3. The number of carbonyl (C=O) groups is 1. The molecular weight excluding hydrogens is 224 g/mol. The Balaban J connectivity index is 2.19. The summed E-state index contributed by atoms with van der Waals surface area (Å²) in [5, 5.41) is 4.18. The van der Waals surface area contributed by atoms with E-state index < -0.39 is 0 Å². The van der Waals surface area contributed by atoms with Crippen LogP contribution >= 0.6 is 0 Å². The zero-order valence-corrected chi connectivity index (χ0v) is 9.81. The van der Waals surface area contributed by atoms with E-state index in [1.54, 1.807) is 4.57 Å². The summed E-state index contributed by atoms with van der Waals surface area (Å²) in [6.45, 7) is 0.590. The fourth-order valence-electron chi connectivity index (χ4n) is 2.01. The Kier molecular flexibility index (Phi) is 3.58. The molecule has 94 valence electrons. The average molecular weight is 240 g/mol. The molecule has 7 heteroatoms. The number of amides is 1. The molecule has 0 aromatic carbocycles. The Morgan fingerprint density at radius 1 is 1.47 bits per heavy atom. The van der Waals surface area contributed by atoms with E-state index >= 15 is 0 Å². The van der Waals surface area contributed by atoms with Crippen molar-refractivity contribution in [2.75, 3.05) is 7.11 Å². The average Bonchev–Trinajstić information content (AvgIpc) is 2.51. The second-order valence-electron chi connectivity index (χ2n) is 4.05. The van der Waals surface area contributed by atoms with E-state index in [1.807, 2.05) is 0 Å². The van der Waals surface area contributed by atoms with Crippen LogP contribution in [0.5, 0.6) is 0 Å². The molecular formula is C10H16N4O3. The van der Waals surface area contributed by atoms with Gasteiger partial charge in [0.2, 0.25) is 0 Å². The number of nitrogens with zero attached hydrogens (tertiary/aromatic N) is 3. The second-order valence-corrected chi connectivity index (χ2v) is 4.05. The second kappa shape index (κ2) is 5.13. The van der Waals surface area contributed by atoms with E-state index in [0.717, 1.165) is 31.5 Å². The molecule has 0 aliphatic carbocycles. The molecule has 1 aromatic heterocycles. The normalized spacial score (nSPS) is 15.1. The molecule has 0 unspecified atom stereocenters. The van der Waals surface area contributed by atoms with Gasteiger partial charge in [0, 0.05) is 13.0 Å². The van der Waals surface area contributed by atoms with Crippen molar-refractivity contribution in [3.63, 3.8) is 0 Å². The monoisotopic (exact) mass is 240 g/mol. The quantitative estimate of drug-likeness (QED) is 0.719. The van der Waals surface area contributed by atoms with Crippen LogP contribution in [0.25, 0.3) is 0 Å². The van der Waals surface area contributed by atoms with Crippen molar-refractivity contribution in [3.05, 3.63) is 16.3 Å². The molecule has 1 aliphatic heterocycles. The van der Waals surface area contributed by atoms with Gasteiger partial charge in [-0.3, -0.25) is 14.2 Å². The standard InChI is InChI=1S/C10H16N4O3/c1-17-12-9(15)7-14-10(16)13-6-4-2-3-5-8(13)11-14/h2-7H2,1H3,(H,12,15). The molecule has 1 N–H and O–H groups in total. The van der Waals surface area contributed by atoms with Gasteiger partial charge in [-0.25, -0.2) is 15.0 Å². The van der Waals surface area contributed by atoms with Gasteiger partial charge in [0.25, 0.3) is 5.91 Å². The van der Waals surface area contributed by atoms with Crippen LogP contribution in [-0.2, 0) is 29.1 Å². The number of hydroxylamine groups is 1. The van der Waals surface area contributed by atoms with Gasteiger partial charge in [0.1, 0.15) is 12.4 Å². The topological polar surface area (TPSA) is 78.2 Å². The van der Waals surface area contributed by atoms with E-state index in [0.29, 0.717) is 6.54 Å². The summed E-state index contributed by atoms with van der Waals surface area (Å²) in [6.07, 6.45) is 3.95. The van der Waals surface area contributed by atoms with Crippen LogP contribution in [0.15, 0.2) is 4.79 Å². The van der Waals surface area contributed by atoms with Gasteiger partial charge in [0.05, 0.1) is 7.11 Å². The molecule has 17 heavy (non-hydrogen) atoms. The lowest BCUT2D eigenvalue weighted by molar-refractivity contribution is -0.132. The minimum absolute atomic E-state index is 0.104. The van der Waals surface area contributed by atoms with E-state index in [1.165, 1.54) is 11.8 Å². The molecule has 0 bridgehead atoms. The van der Waals surface area contributed by atoms with E-state index in [4.69, 9.17) is 0 Å². The molecule has 0 atom stereocenters. The first-order valence-corrected chi connectivity index (χ1v) is 5.70. The first-order chi connectivity index (χ1) is 8.22. The van der Waals surface area contributed by atoms with Crippen LogP contribution in [0.4, 0.5) is 0 Å². The lowest BCUT2D eigenvalue weighted by Crippen LogP contribution is -2.33. The summed E-state index contributed by atoms with van der Waals surface area (Å²) in [4.78, 5) is 27.7. The summed E-state index contributed by atoms with van der Waals surface area (Å²) < 4.78 is 2.85. The Morgan fingerprint density at radius 3 is 3.06 bits per heavy atom. The Hall–Kier alpha value is -1.63. The molecule has 1 aromatic rings. The predicted octanol–water partition coefficient (Wildman–Crippen LogP) is -0.551. The number of hydrogen-bond acceptors (Lipinski definition) is 4. The molecule has 0 radical (unpaired) electrons. The van der Waals surface area contributed by atoms with Crippen LogP contribution in [0.3, 0.4) is 0 Å². The molecule has 0 saturated heterocycles. The molecule has 1 amide bonds. The van der Waals surface area contributed by atoms with Crippen molar-refractivity contribution < 1.29 is 9.63 Å². The van der Waals surface area contributed by atoms with Gasteiger partial charge in [-0.15, -0.1) is 0 Å². The van der Waals surface area contributed by atoms with Gasteiger partial charge < -0.3 is 0 Å². The van der Waals surface area contributed by atoms with Crippen LogP contribution < -0.4 is 11.2 Å². The van der Waals surface area contributed by atoms with Gasteiger partial charge in [0.15, 0.2) is 0 Å². The molecule has 2 rings (SSSR count). The van der Waals surface area contributed by atoms with Crippen LogP contribution in [0, 0.1) is 0 Å². The third-order valence-corrected chi connectivity index (χ3v) is 2.79. The molecule has 0 spiro atoms. The van der Waals surface area contributed by atoms with E-state index in [-0.39, 0.29) is 18.1 Å². The lowest BCUT2D eigenvalue weighted by atomic mass is 10.2. The predicted molar refractivity (Wildman–Crippen MR) is 59.2 cm³/mol. The molecule has 0 saturated carbocycles. The fraction of sp³-hybridized carbons (Fsp3) is 0.700.